The number of anilines is 1. The Morgan fingerprint density at radius 2 is 2.40 bits per heavy atom. The van der Waals surface area contributed by atoms with Gasteiger partial charge in [0.15, 0.2) is 0 Å². The lowest BCUT2D eigenvalue weighted by atomic mass is 10.2. The summed E-state index contributed by atoms with van der Waals surface area (Å²) in [6.07, 6.45) is 1.40. The molecule has 20 heavy (non-hydrogen) atoms. The molecular formula is C14H20N4OS. The summed E-state index contributed by atoms with van der Waals surface area (Å²) in [5.74, 6) is 1.81. The smallest absolute Gasteiger partial charge is 0.146 e. The summed E-state index contributed by atoms with van der Waals surface area (Å²) < 4.78 is 5.71. The molecule has 6 heteroatoms. The number of rotatable bonds is 4. The van der Waals surface area contributed by atoms with Crippen LogP contribution in [0.1, 0.15) is 19.2 Å². The third-order valence-corrected chi connectivity index (χ3v) is 4.46. The molecule has 1 N–H and O–H groups in total. The fourth-order valence-corrected chi connectivity index (χ4v) is 3.31. The SMILES string of the molecule is CCC1CN(Cc2nc(NC)c3ccsc3n2)CCO1. The van der Waals surface area contributed by atoms with Crippen LogP contribution in [0.15, 0.2) is 11.4 Å². The van der Waals surface area contributed by atoms with Crippen LogP contribution in [-0.4, -0.2) is 47.7 Å². The molecule has 3 rings (SSSR count). The first-order chi connectivity index (χ1) is 9.80. The lowest BCUT2D eigenvalue weighted by Gasteiger charge is -2.31. The van der Waals surface area contributed by atoms with Crippen molar-refractivity contribution >= 4 is 27.4 Å². The van der Waals surface area contributed by atoms with Crippen LogP contribution in [0.4, 0.5) is 5.82 Å². The summed E-state index contributed by atoms with van der Waals surface area (Å²) >= 11 is 1.66. The molecule has 0 bridgehead atoms. The molecule has 1 saturated heterocycles. The molecule has 0 aliphatic carbocycles. The van der Waals surface area contributed by atoms with Gasteiger partial charge in [-0.05, 0) is 17.9 Å². The number of thiophene rings is 1. The standard InChI is InChI=1S/C14H20N4OS/c1-3-10-8-18(5-6-19-10)9-12-16-13(15-2)11-4-7-20-14(11)17-12/h4,7,10H,3,5-6,8-9H2,1-2H3,(H,15,16,17). The van der Waals surface area contributed by atoms with Crippen LogP contribution in [0.3, 0.4) is 0 Å². The Morgan fingerprint density at radius 1 is 1.50 bits per heavy atom. The molecule has 108 valence electrons. The number of hydrogen-bond donors (Lipinski definition) is 1. The number of hydrogen-bond acceptors (Lipinski definition) is 6. The van der Waals surface area contributed by atoms with E-state index in [1.807, 2.05) is 7.05 Å². The minimum atomic E-state index is 0.345. The first kappa shape index (κ1) is 13.7. The molecule has 1 aliphatic heterocycles. The van der Waals surface area contributed by atoms with Gasteiger partial charge in [-0.3, -0.25) is 4.90 Å². The first-order valence-corrected chi connectivity index (χ1v) is 7.94. The van der Waals surface area contributed by atoms with Crippen molar-refractivity contribution in [3.8, 4) is 0 Å². The fraction of sp³-hybridized carbons (Fsp3) is 0.571. The summed E-state index contributed by atoms with van der Waals surface area (Å²) in [6.45, 7) is 5.69. The Balaban J connectivity index is 1.79. The van der Waals surface area contributed by atoms with Crippen molar-refractivity contribution in [1.29, 1.82) is 0 Å². The highest BCUT2D eigenvalue weighted by molar-refractivity contribution is 7.16. The average Bonchev–Trinajstić information content (AvgIpc) is 2.95. The predicted molar refractivity (Wildman–Crippen MR) is 82.3 cm³/mol. The molecule has 0 saturated carbocycles. The van der Waals surface area contributed by atoms with Gasteiger partial charge in [-0.2, -0.15) is 0 Å². The highest BCUT2D eigenvalue weighted by Crippen LogP contribution is 2.25. The Bertz CT molecular complexity index is 586. The summed E-state index contributed by atoms with van der Waals surface area (Å²) in [5, 5.41) is 6.33. The molecule has 3 heterocycles. The van der Waals surface area contributed by atoms with Gasteiger partial charge in [0.05, 0.1) is 24.6 Å². The molecule has 1 unspecified atom stereocenters. The number of nitrogens with one attached hydrogen (secondary N) is 1. The van der Waals surface area contributed by atoms with Crippen LogP contribution in [-0.2, 0) is 11.3 Å². The van der Waals surface area contributed by atoms with Crippen molar-refractivity contribution in [2.75, 3.05) is 32.1 Å². The molecular weight excluding hydrogens is 272 g/mol. The van der Waals surface area contributed by atoms with E-state index in [4.69, 9.17) is 4.74 Å². The van der Waals surface area contributed by atoms with E-state index in [0.29, 0.717) is 6.10 Å². The highest BCUT2D eigenvalue weighted by atomic mass is 32.1. The van der Waals surface area contributed by atoms with Crippen LogP contribution in [0.5, 0.6) is 0 Å². The van der Waals surface area contributed by atoms with Gasteiger partial charge in [0.2, 0.25) is 0 Å². The van der Waals surface area contributed by atoms with Crippen molar-refractivity contribution in [3.05, 3.63) is 17.3 Å². The van der Waals surface area contributed by atoms with E-state index < -0.39 is 0 Å². The molecule has 0 spiro atoms. The molecule has 0 amide bonds. The third kappa shape index (κ3) is 2.77. The molecule has 2 aromatic rings. The monoisotopic (exact) mass is 292 g/mol. The Morgan fingerprint density at radius 3 is 3.20 bits per heavy atom. The van der Waals surface area contributed by atoms with E-state index in [9.17, 15) is 0 Å². The van der Waals surface area contributed by atoms with Gasteiger partial charge >= 0.3 is 0 Å². The lowest BCUT2D eigenvalue weighted by Crippen LogP contribution is -2.41. The maximum atomic E-state index is 5.71. The first-order valence-electron chi connectivity index (χ1n) is 7.06. The van der Waals surface area contributed by atoms with E-state index >= 15 is 0 Å². The van der Waals surface area contributed by atoms with Crippen molar-refractivity contribution in [3.63, 3.8) is 0 Å². The van der Waals surface area contributed by atoms with Gasteiger partial charge in [-0.25, -0.2) is 9.97 Å². The van der Waals surface area contributed by atoms with Crippen molar-refractivity contribution in [2.45, 2.75) is 26.0 Å². The van der Waals surface area contributed by atoms with E-state index in [-0.39, 0.29) is 0 Å². The number of nitrogens with zero attached hydrogens (tertiary/aromatic N) is 3. The minimum absolute atomic E-state index is 0.345. The molecule has 1 fully saturated rings. The second kappa shape index (κ2) is 6.03. The van der Waals surface area contributed by atoms with E-state index in [2.05, 4.69) is 38.6 Å². The van der Waals surface area contributed by atoms with Gasteiger partial charge in [0, 0.05) is 20.1 Å². The highest BCUT2D eigenvalue weighted by Gasteiger charge is 2.20. The van der Waals surface area contributed by atoms with E-state index in [0.717, 1.165) is 54.5 Å². The van der Waals surface area contributed by atoms with Crippen LogP contribution >= 0.6 is 11.3 Å². The van der Waals surface area contributed by atoms with Crippen LogP contribution in [0, 0.1) is 0 Å². The van der Waals surface area contributed by atoms with Crippen LogP contribution in [0.25, 0.3) is 10.2 Å². The maximum absolute atomic E-state index is 5.71. The summed E-state index contributed by atoms with van der Waals surface area (Å²) in [4.78, 5) is 12.7. The second-order valence-corrected chi connectivity index (χ2v) is 5.91. The maximum Gasteiger partial charge on any atom is 0.146 e. The Kier molecular flexibility index (Phi) is 4.14. The van der Waals surface area contributed by atoms with Crippen LogP contribution in [0.2, 0.25) is 0 Å². The van der Waals surface area contributed by atoms with Crippen LogP contribution < -0.4 is 5.32 Å². The number of fused-ring (bicyclic) bond motifs is 1. The molecule has 0 radical (unpaired) electrons. The van der Waals surface area contributed by atoms with E-state index in [1.165, 1.54) is 0 Å². The largest absolute Gasteiger partial charge is 0.376 e. The topological polar surface area (TPSA) is 50.3 Å². The third-order valence-electron chi connectivity index (χ3n) is 3.65. The van der Waals surface area contributed by atoms with E-state index in [1.54, 1.807) is 11.3 Å². The average molecular weight is 292 g/mol. The Hall–Kier alpha value is -1.24. The van der Waals surface area contributed by atoms with Gasteiger partial charge in [-0.1, -0.05) is 6.92 Å². The quantitative estimate of drug-likeness (QED) is 0.937. The van der Waals surface area contributed by atoms with Gasteiger partial charge < -0.3 is 10.1 Å². The van der Waals surface area contributed by atoms with Crippen molar-refractivity contribution < 1.29 is 4.74 Å². The lowest BCUT2D eigenvalue weighted by molar-refractivity contribution is -0.0331. The van der Waals surface area contributed by atoms with Crippen molar-refractivity contribution in [1.82, 2.24) is 14.9 Å². The molecule has 2 aromatic heterocycles. The normalized spacial score (nSPS) is 20.4. The summed E-state index contributed by atoms with van der Waals surface area (Å²) in [7, 11) is 1.91. The number of ether oxygens (including phenoxy) is 1. The second-order valence-electron chi connectivity index (χ2n) is 5.01. The van der Waals surface area contributed by atoms with Gasteiger partial charge in [0.25, 0.3) is 0 Å². The zero-order valence-corrected chi connectivity index (χ0v) is 12.7. The summed E-state index contributed by atoms with van der Waals surface area (Å²) in [6, 6.07) is 2.07. The molecule has 0 aromatic carbocycles. The molecule has 5 nitrogen and oxygen atoms in total. The Labute approximate surface area is 123 Å². The summed E-state index contributed by atoms with van der Waals surface area (Å²) in [5.41, 5.74) is 0. The van der Waals surface area contributed by atoms with Crippen molar-refractivity contribution in [2.24, 2.45) is 0 Å². The molecule has 1 atom stereocenters. The van der Waals surface area contributed by atoms with Gasteiger partial charge in [0.1, 0.15) is 16.5 Å². The van der Waals surface area contributed by atoms with Gasteiger partial charge in [-0.15, -0.1) is 11.3 Å². The number of morpholine rings is 1. The molecule has 1 aliphatic rings. The zero-order valence-electron chi connectivity index (χ0n) is 11.9. The minimum Gasteiger partial charge on any atom is -0.376 e. The fourth-order valence-electron chi connectivity index (χ4n) is 2.53. The zero-order chi connectivity index (χ0) is 13.9. The number of aromatic nitrogens is 2. The predicted octanol–water partition coefficient (Wildman–Crippen LogP) is 2.34.